The molecule has 0 saturated carbocycles. The van der Waals surface area contributed by atoms with E-state index in [9.17, 15) is 9.90 Å². The first-order valence-corrected chi connectivity index (χ1v) is 5.02. The minimum Gasteiger partial charge on any atom is -0.508 e. The van der Waals surface area contributed by atoms with Crippen molar-refractivity contribution in [3.63, 3.8) is 0 Å². The highest BCUT2D eigenvalue weighted by atomic mass is 16.3. The molecule has 1 aromatic carbocycles. The van der Waals surface area contributed by atoms with Crippen LogP contribution in [0.15, 0.2) is 30.5 Å². The van der Waals surface area contributed by atoms with Crippen molar-refractivity contribution in [3.8, 4) is 5.75 Å². The number of amides is 1. The van der Waals surface area contributed by atoms with Crippen LogP contribution in [0.3, 0.4) is 0 Å². The molecule has 6 nitrogen and oxygen atoms in total. The number of benzene rings is 1. The number of aromatic nitrogens is 2. The summed E-state index contributed by atoms with van der Waals surface area (Å²) in [6.45, 7) is 0. The highest BCUT2D eigenvalue weighted by Crippen LogP contribution is 2.14. The molecule has 0 bridgehead atoms. The molecule has 0 aliphatic rings. The molecular formula is C11H12N4O2. The molecule has 0 radical (unpaired) electrons. The average molecular weight is 232 g/mol. The van der Waals surface area contributed by atoms with Crippen LogP contribution in [0.2, 0.25) is 0 Å². The fourth-order valence-corrected chi connectivity index (χ4v) is 1.43. The van der Waals surface area contributed by atoms with Crippen LogP contribution in [-0.2, 0) is 11.2 Å². The fourth-order valence-electron chi connectivity index (χ4n) is 1.43. The van der Waals surface area contributed by atoms with Crippen molar-refractivity contribution in [1.29, 1.82) is 0 Å². The first-order chi connectivity index (χ1) is 8.15. The van der Waals surface area contributed by atoms with Crippen molar-refractivity contribution in [2.75, 3.05) is 11.1 Å². The van der Waals surface area contributed by atoms with Crippen molar-refractivity contribution in [2.24, 2.45) is 0 Å². The average Bonchev–Trinajstić information content (AvgIpc) is 2.64. The number of hydrogen-bond donors (Lipinski definition) is 4. The van der Waals surface area contributed by atoms with Crippen LogP contribution in [0, 0.1) is 0 Å². The number of aromatic hydroxyl groups is 1. The number of anilines is 2. The predicted octanol–water partition coefficient (Wildman–Crippen LogP) is 0.879. The maximum Gasteiger partial charge on any atom is 0.229 e. The van der Waals surface area contributed by atoms with Crippen LogP contribution < -0.4 is 11.1 Å². The molecule has 1 aromatic heterocycles. The molecule has 2 rings (SSSR count). The molecule has 0 aliphatic carbocycles. The Morgan fingerprint density at radius 2 is 2.35 bits per heavy atom. The van der Waals surface area contributed by atoms with Crippen LogP contribution in [0.25, 0.3) is 0 Å². The number of phenolic OH excluding ortho intramolecular Hbond substituents is 1. The summed E-state index contributed by atoms with van der Waals surface area (Å²) in [6.07, 6.45) is 1.58. The Bertz CT molecular complexity index is 536. The molecule has 2 aromatic rings. The van der Waals surface area contributed by atoms with E-state index < -0.39 is 0 Å². The summed E-state index contributed by atoms with van der Waals surface area (Å²) >= 11 is 0. The second kappa shape index (κ2) is 4.56. The van der Waals surface area contributed by atoms with Gasteiger partial charge in [0.15, 0.2) is 5.82 Å². The van der Waals surface area contributed by atoms with Gasteiger partial charge >= 0.3 is 0 Å². The SMILES string of the molecule is Nc1cn[nH]c1NC(=O)Cc1cccc(O)c1. The van der Waals surface area contributed by atoms with Gasteiger partial charge in [-0.15, -0.1) is 0 Å². The van der Waals surface area contributed by atoms with E-state index in [0.29, 0.717) is 11.5 Å². The molecule has 1 amide bonds. The molecule has 0 fully saturated rings. The van der Waals surface area contributed by atoms with Gasteiger partial charge < -0.3 is 16.2 Å². The number of carbonyl (C=O) groups excluding carboxylic acids is 1. The Morgan fingerprint density at radius 1 is 1.53 bits per heavy atom. The van der Waals surface area contributed by atoms with Crippen molar-refractivity contribution in [3.05, 3.63) is 36.0 Å². The molecule has 0 atom stereocenters. The Balaban J connectivity index is 2.01. The first kappa shape index (κ1) is 11.0. The molecule has 6 heteroatoms. The first-order valence-electron chi connectivity index (χ1n) is 5.02. The van der Waals surface area contributed by atoms with E-state index in [0.717, 1.165) is 5.56 Å². The number of aromatic amines is 1. The van der Waals surface area contributed by atoms with Gasteiger partial charge in [0.2, 0.25) is 5.91 Å². The van der Waals surface area contributed by atoms with E-state index >= 15 is 0 Å². The van der Waals surface area contributed by atoms with Gasteiger partial charge in [-0.25, -0.2) is 0 Å². The van der Waals surface area contributed by atoms with E-state index in [1.807, 2.05) is 0 Å². The number of phenols is 1. The number of hydrogen-bond acceptors (Lipinski definition) is 4. The van der Waals surface area contributed by atoms with E-state index in [2.05, 4.69) is 15.5 Å². The van der Waals surface area contributed by atoms with E-state index in [4.69, 9.17) is 5.73 Å². The van der Waals surface area contributed by atoms with E-state index in [-0.39, 0.29) is 18.1 Å². The zero-order valence-corrected chi connectivity index (χ0v) is 8.97. The zero-order chi connectivity index (χ0) is 12.3. The zero-order valence-electron chi connectivity index (χ0n) is 8.97. The minimum absolute atomic E-state index is 0.136. The third-order valence-electron chi connectivity index (χ3n) is 2.21. The Kier molecular flexibility index (Phi) is 2.95. The highest BCUT2D eigenvalue weighted by Gasteiger charge is 2.07. The van der Waals surface area contributed by atoms with Crippen LogP contribution in [0.5, 0.6) is 5.75 Å². The van der Waals surface area contributed by atoms with Crippen LogP contribution in [0.1, 0.15) is 5.56 Å². The van der Waals surface area contributed by atoms with Gasteiger partial charge in [-0.3, -0.25) is 9.89 Å². The minimum atomic E-state index is -0.230. The molecule has 0 aliphatic heterocycles. The molecule has 0 spiro atoms. The third-order valence-corrected chi connectivity index (χ3v) is 2.21. The third kappa shape index (κ3) is 2.75. The second-order valence-corrected chi connectivity index (χ2v) is 3.60. The lowest BCUT2D eigenvalue weighted by Gasteiger charge is -2.04. The summed E-state index contributed by atoms with van der Waals surface area (Å²) in [5.74, 6) is 0.290. The summed E-state index contributed by atoms with van der Waals surface area (Å²) in [6, 6.07) is 6.53. The standard InChI is InChI=1S/C11H12N4O2/c12-9-6-13-15-11(9)14-10(17)5-7-2-1-3-8(16)4-7/h1-4,6,16H,5,12H2,(H2,13,14,15,17). The van der Waals surface area contributed by atoms with Gasteiger partial charge in [-0.05, 0) is 17.7 Å². The largest absolute Gasteiger partial charge is 0.508 e. The van der Waals surface area contributed by atoms with Gasteiger partial charge in [-0.1, -0.05) is 12.1 Å². The Labute approximate surface area is 97.5 Å². The van der Waals surface area contributed by atoms with Crippen molar-refractivity contribution < 1.29 is 9.90 Å². The summed E-state index contributed by atoms with van der Waals surface area (Å²) in [4.78, 5) is 11.6. The number of rotatable bonds is 3. The summed E-state index contributed by atoms with van der Waals surface area (Å²) in [7, 11) is 0. The van der Waals surface area contributed by atoms with Crippen molar-refractivity contribution in [1.82, 2.24) is 10.2 Å². The maximum absolute atomic E-state index is 11.6. The van der Waals surface area contributed by atoms with Crippen molar-refractivity contribution in [2.45, 2.75) is 6.42 Å². The molecule has 17 heavy (non-hydrogen) atoms. The lowest BCUT2D eigenvalue weighted by atomic mass is 10.1. The second-order valence-electron chi connectivity index (χ2n) is 3.60. The monoisotopic (exact) mass is 232 g/mol. The van der Waals surface area contributed by atoms with Gasteiger partial charge in [-0.2, -0.15) is 5.10 Å². The van der Waals surface area contributed by atoms with Gasteiger partial charge in [0.05, 0.1) is 18.3 Å². The normalized spacial score (nSPS) is 10.1. The van der Waals surface area contributed by atoms with Crippen LogP contribution in [0.4, 0.5) is 11.5 Å². The lowest BCUT2D eigenvalue weighted by molar-refractivity contribution is -0.115. The number of carbonyl (C=O) groups is 1. The topological polar surface area (TPSA) is 104 Å². The van der Waals surface area contributed by atoms with Gasteiger partial charge in [0, 0.05) is 0 Å². The van der Waals surface area contributed by atoms with Gasteiger partial charge in [0.25, 0.3) is 0 Å². The summed E-state index contributed by atoms with van der Waals surface area (Å²) in [5.41, 5.74) is 6.66. The molecule has 0 unspecified atom stereocenters. The predicted molar refractivity (Wildman–Crippen MR) is 63.4 cm³/mol. The highest BCUT2D eigenvalue weighted by molar-refractivity contribution is 5.93. The fraction of sp³-hybridized carbons (Fsp3) is 0.0909. The lowest BCUT2D eigenvalue weighted by Crippen LogP contribution is -2.15. The Hall–Kier alpha value is -2.50. The molecular weight excluding hydrogens is 220 g/mol. The molecule has 0 saturated heterocycles. The Morgan fingerprint density at radius 3 is 3.00 bits per heavy atom. The number of H-pyrrole nitrogens is 1. The van der Waals surface area contributed by atoms with E-state index in [1.54, 1.807) is 18.2 Å². The number of nitrogens with zero attached hydrogens (tertiary/aromatic N) is 1. The summed E-state index contributed by atoms with van der Waals surface area (Å²) < 4.78 is 0. The van der Waals surface area contributed by atoms with Crippen LogP contribution >= 0.6 is 0 Å². The number of nitrogens with two attached hydrogens (primary N) is 1. The quantitative estimate of drug-likeness (QED) is 0.630. The van der Waals surface area contributed by atoms with E-state index in [1.165, 1.54) is 12.3 Å². The maximum atomic E-state index is 11.6. The van der Waals surface area contributed by atoms with Crippen molar-refractivity contribution >= 4 is 17.4 Å². The molecule has 1 heterocycles. The number of nitrogens with one attached hydrogen (secondary N) is 2. The van der Waals surface area contributed by atoms with Gasteiger partial charge in [0.1, 0.15) is 5.75 Å². The molecule has 5 N–H and O–H groups in total. The molecule has 88 valence electrons. The number of nitrogen functional groups attached to an aromatic ring is 1. The smallest absolute Gasteiger partial charge is 0.229 e. The summed E-state index contributed by atoms with van der Waals surface area (Å²) in [5, 5.41) is 18.1. The van der Waals surface area contributed by atoms with Crippen LogP contribution in [-0.4, -0.2) is 21.2 Å².